The lowest BCUT2D eigenvalue weighted by molar-refractivity contribution is 0.0124. The first-order valence-corrected chi connectivity index (χ1v) is 8.17. The lowest BCUT2D eigenvalue weighted by atomic mass is 9.87. The zero-order valence-corrected chi connectivity index (χ0v) is 14.7. The molecule has 21 heavy (non-hydrogen) atoms. The van der Waals surface area contributed by atoms with E-state index in [1.807, 2.05) is 0 Å². The van der Waals surface area contributed by atoms with Crippen molar-refractivity contribution in [3.05, 3.63) is 35.4 Å². The average Bonchev–Trinajstić information content (AvgIpc) is 2.43. The molecule has 0 aromatic heterocycles. The van der Waals surface area contributed by atoms with E-state index >= 15 is 0 Å². The molecule has 0 saturated carbocycles. The Hall–Kier alpha value is -0.860. The van der Waals surface area contributed by atoms with Crippen molar-refractivity contribution in [2.24, 2.45) is 5.92 Å². The molecule has 1 unspecified atom stereocenters. The van der Waals surface area contributed by atoms with Gasteiger partial charge in [0.1, 0.15) is 0 Å². The van der Waals surface area contributed by atoms with Crippen LogP contribution < -0.4 is 5.32 Å². The summed E-state index contributed by atoms with van der Waals surface area (Å²) in [7, 11) is 1.81. The second-order valence-electron chi connectivity index (χ2n) is 7.11. The number of ether oxygens (including phenoxy) is 1. The summed E-state index contributed by atoms with van der Waals surface area (Å²) >= 11 is 0. The van der Waals surface area contributed by atoms with Crippen LogP contribution in [0.5, 0.6) is 0 Å². The van der Waals surface area contributed by atoms with Gasteiger partial charge >= 0.3 is 0 Å². The molecule has 0 spiro atoms. The third-order valence-corrected chi connectivity index (χ3v) is 4.22. The molecule has 1 atom stereocenters. The molecule has 0 aliphatic heterocycles. The standard InChI is InChI=1S/C19H33NO/c1-15(2)13-20-14-17(11-12-19(4,5)21-6)18-10-8-7-9-16(18)3/h7-10,15,17,20H,11-14H2,1-6H3. The van der Waals surface area contributed by atoms with Gasteiger partial charge in [-0.1, -0.05) is 38.1 Å². The maximum Gasteiger partial charge on any atom is 0.0623 e. The monoisotopic (exact) mass is 291 g/mol. The van der Waals surface area contributed by atoms with E-state index in [-0.39, 0.29) is 5.60 Å². The van der Waals surface area contributed by atoms with Crippen molar-refractivity contribution in [1.29, 1.82) is 0 Å². The first kappa shape index (κ1) is 18.2. The van der Waals surface area contributed by atoms with Crippen LogP contribution in [0.15, 0.2) is 24.3 Å². The van der Waals surface area contributed by atoms with Gasteiger partial charge in [0.05, 0.1) is 5.60 Å². The molecule has 0 bridgehead atoms. The fraction of sp³-hybridized carbons (Fsp3) is 0.684. The van der Waals surface area contributed by atoms with Gasteiger partial charge in [0.15, 0.2) is 0 Å². The minimum Gasteiger partial charge on any atom is -0.379 e. The van der Waals surface area contributed by atoms with E-state index in [0.717, 1.165) is 25.9 Å². The Kier molecular flexibility index (Phi) is 7.41. The molecule has 1 N–H and O–H groups in total. The highest BCUT2D eigenvalue weighted by Gasteiger charge is 2.21. The topological polar surface area (TPSA) is 21.3 Å². The summed E-state index contributed by atoms with van der Waals surface area (Å²) in [6.07, 6.45) is 2.22. The third kappa shape index (κ3) is 6.62. The maximum atomic E-state index is 5.58. The lowest BCUT2D eigenvalue weighted by Crippen LogP contribution is -2.28. The Morgan fingerprint density at radius 1 is 1.14 bits per heavy atom. The molecule has 0 aliphatic carbocycles. The van der Waals surface area contributed by atoms with Gasteiger partial charge in [-0.3, -0.25) is 0 Å². The van der Waals surface area contributed by atoms with E-state index < -0.39 is 0 Å². The van der Waals surface area contributed by atoms with E-state index in [9.17, 15) is 0 Å². The van der Waals surface area contributed by atoms with Crippen LogP contribution >= 0.6 is 0 Å². The van der Waals surface area contributed by atoms with Crippen molar-refractivity contribution in [3.63, 3.8) is 0 Å². The lowest BCUT2D eigenvalue weighted by Gasteiger charge is -2.27. The number of methoxy groups -OCH3 is 1. The number of aryl methyl sites for hydroxylation is 1. The smallest absolute Gasteiger partial charge is 0.0623 e. The van der Waals surface area contributed by atoms with Gasteiger partial charge in [0, 0.05) is 13.7 Å². The number of hydrogen-bond donors (Lipinski definition) is 1. The summed E-state index contributed by atoms with van der Waals surface area (Å²) in [5.41, 5.74) is 2.82. The summed E-state index contributed by atoms with van der Waals surface area (Å²) < 4.78 is 5.58. The second kappa shape index (κ2) is 8.55. The van der Waals surface area contributed by atoms with Crippen LogP contribution in [-0.2, 0) is 4.74 Å². The predicted molar refractivity (Wildman–Crippen MR) is 91.9 cm³/mol. The zero-order chi connectivity index (χ0) is 15.9. The first-order chi connectivity index (χ1) is 9.85. The van der Waals surface area contributed by atoms with Crippen molar-refractivity contribution in [1.82, 2.24) is 5.32 Å². The van der Waals surface area contributed by atoms with Gasteiger partial charge < -0.3 is 10.1 Å². The number of nitrogens with one attached hydrogen (secondary N) is 1. The van der Waals surface area contributed by atoms with Crippen molar-refractivity contribution in [2.45, 2.75) is 59.0 Å². The second-order valence-corrected chi connectivity index (χ2v) is 7.11. The minimum atomic E-state index is -0.0427. The van der Waals surface area contributed by atoms with Crippen LogP contribution in [0.1, 0.15) is 57.6 Å². The normalized spacial score (nSPS) is 13.7. The molecule has 120 valence electrons. The van der Waals surface area contributed by atoms with Gasteiger partial charge in [-0.2, -0.15) is 0 Å². The molecule has 0 aliphatic rings. The van der Waals surface area contributed by atoms with Crippen LogP contribution in [0.3, 0.4) is 0 Å². The fourth-order valence-corrected chi connectivity index (χ4v) is 2.58. The zero-order valence-electron chi connectivity index (χ0n) is 14.7. The van der Waals surface area contributed by atoms with Crippen LogP contribution in [0.25, 0.3) is 0 Å². The highest BCUT2D eigenvalue weighted by molar-refractivity contribution is 5.29. The van der Waals surface area contributed by atoms with E-state index in [1.165, 1.54) is 11.1 Å². The Bertz CT molecular complexity index is 412. The summed E-state index contributed by atoms with van der Waals surface area (Å²) in [5, 5.41) is 3.62. The summed E-state index contributed by atoms with van der Waals surface area (Å²) in [4.78, 5) is 0. The largest absolute Gasteiger partial charge is 0.379 e. The molecule has 1 aromatic carbocycles. The predicted octanol–water partition coefficient (Wildman–Crippen LogP) is 4.53. The molecule has 1 rings (SSSR count). The number of benzene rings is 1. The molecular formula is C19H33NO. The van der Waals surface area contributed by atoms with E-state index in [2.05, 4.69) is 64.2 Å². The Balaban J connectivity index is 2.73. The molecule has 0 amide bonds. The van der Waals surface area contributed by atoms with Crippen molar-refractivity contribution in [2.75, 3.05) is 20.2 Å². The molecule has 0 saturated heterocycles. The quantitative estimate of drug-likeness (QED) is 0.722. The van der Waals surface area contributed by atoms with Crippen LogP contribution in [0.2, 0.25) is 0 Å². The number of hydrogen-bond acceptors (Lipinski definition) is 2. The molecule has 1 aromatic rings. The summed E-state index contributed by atoms with van der Waals surface area (Å²) in [6, 6.07) is 8.76. The molecule has 0 fully saturated rings. The van der Waals surface area contributed by atoms with Crippen molar-refractivity contribution >= 4 is 0 Å². The van der Waals surface area contributed by atoms with Crippen molar-refractivity contribution < 1.29 is 4.74 Å². The molecule has 0 radical (unpaired) electrons. The van der Waals surface area contributed by atoms with Crippen molar-refractivity contribution in [3.8, 4) is 0 Å². The Morgan fingerprint density at radius 2 is 1.81 bits per heavy atom. The Labute approximate surface area is 131 Å². The van der Waals surface area contributed by atoms with Gasteiger partial charge in [-0.15, -0.1) is 0 Å². The van der Waals surface area contributed by atoms with Gasteiger partial charge in [-0.25, -0.2) is 0 Å². The van der Waals surface area contributed by atoms with Crippen LogP contribution in [-0.4, -0.2) is 25.8 Å². The van der Waals surface area contributed by atoms with Gasteiger partial charge in [0.2, 0.25) is 0 Å². The molecule has 2 nitrogen and oxygen atoms in total. The minimum absolute atomic E-state index is 0.0427. The highest BCUT2D eigenvalue weighted by atomic mass is 16.5. The molecular weight excluding hydrogens is 258 g/mol. The van der Waals surface area contributed by atoms with Crippen LogP contribution in [0, 0.1) is 12.8 Å². The maximum absolute atomic E-state index is 5.58. The summed E-state index contributed by atoms with van der Waals surface area (Å²) in [5.74, 6) is 1.25. The van der Waals surface area contributed by atoms with Gasteiger partial charge in [0.25, 0.3) is 0 Å². The van der Waals surface area contributed by atoms with Crippen LogP contribution in [0.4, 0.5) is 0 Å². The van der Waals surface area contributed by atoms with E-state index in [4.69, 9.17) is 4.74 Å². The van der Waals surface area contributed by atoms with E-state index in [0.29, 0.717) is 11.8 Å². The average molecular weight is 291 g/mol. The Morgan fingerprint density at radius 3 is 2.38 bits per heavy atom. The van der Waals surface area contributed by atoms with E-state index in [1.54, 1.807) is 7.11 Å². The molecule has 0 heterocycles. The SMILES string of the molecule is COC(C)(C)CCC(CNCC(C)C)c1ccccc1C. The first-order valence-electron chi connectivity index (χ1n) is 8.17. The third-order valence-electron chi connectivity index (χ3n) is 4.22. The highest BCUT2D eigenvalue weighted by Crippen LogP contribution is 2.28. The summed E-state index contributed by atoms with van der Waals surface area (Å²) in [6.45, 7) is 13.2. The molecule has 2 heteroatoms. The fourth-order valence-electron chi connectivity index (χ4n) is 2.58. The number of rotatable bonds is 9. The van der Waals surface area contributed by atoms with Gasteiger partial charge in [-0.05, 0) is 63.1 Å².